The molecule has 0 amide bonds. The van der Waals surface area contributed by atoms with E-state index in [0.29, 0.717) is 12.0 Å². The van der Waals surface area contributed by atoms with Gasteiger partial charge in [0, 0.05) is 18.8 Å². The molecule has 1 fully saturated rings. The normalized spacial score (nSPS) is 17.2. The second-order valence-corrected chi connectivity index (χ2v) is 5.38. The molecule has 0 aliphatic heterocycles. The summed E-state index contributed by atoms with van der Waals surface area (Å²) in [4.78, 5) is 4.58. The summed E-state index contributed by atoms with van der Waals surface area (Å²) in [5.41, 5.74) is 1.11. The lowest BCUT2D eigenvalue weighted by Crippen LogP contribution is -2.19. The number of aryl methyl sites for hydroxylation is 1. The first kappa shape index (κ1) is 11.5. The molecule has 1 heterocycles. The molecule has 1 aromatic heterocycles. The molecule has 1 saturated carbocycles. The van der Waals surface area contributed by atoms with Crippen LogP contribution < -0.4 is 5.32 Å². The fourth-order valence-electron chi connectivity index (χ4n) is 2.45. The van der Waals surface area contributed by atoms with Gasteiger partial charge < -0.3 is 9.88 Å². The minimum atomic E-state index is 0.646. The summed E-state index contributed by atoms with van der Waals surface area (Å²) >= 11 is 0. The zero-order valence-corrected chi connectivity index (χ0v) is 10.7. The van der Waals surface area contributed by atoms with Gasteiger partial charge in [-0.2, -0.15) is 0 Å². The average molecular weight is 221 g/mol. The number of anilines is 1. The molecule has 0 saturated heterocycles. The van der Waals surface area contributed by atoms with Crippen LogP contribution in [0.25, 0.3) is 0 Å². The van der Waals surface area contributed by atoms with Crippen LogP contribution in [0.3, 0.4) is 0 Å². The molecule has 3 heteroatoms. The monoisotopic (exact) mass is 221 g/mol. The number of aromatic nitrogens is 2. The summed E-state index contributed by atoms with van der Waals surface area (Å²) in [6.45, 7) is 7.61. The predicted molar refractivity (Wildman–Crippen MR) is 67.7 cm³/mol. The topological polar surface area (TPSA) is 29.9 Å². The van der Waals surface area contributed by atoms with Crippen molar-refractivity contribution in [3.8, 4) is 0 Å². The number of hydrogen-bond donors (Lipinski definition) is 1. The largest absolute Gasteiger partial charge is 0.353 e. The second-order valence-electron chi connectivity index (χ2n) is 5.38. The van der Waals surface area contributed by atoms with E-state index in [-0.39, 0.29) is 0 Å². The Kier molecular flexibility index (Phi) is 3.52. The fraction of sp³-hybridized carbons (Fsp3) is 0.769. The highest BCUT2D eigenvalue weighted by Crippen LogP contribution is 2.22. The average Bonchev–Trinajstić information content (AvgIpc) is 2.77. The summed E-state index contributed by atoms with van der Waals surface area (Å²) in [6, 6.07) is 0.646. The van der Waals surface area contributed by atoms with E-state index >= 15 is 0 Å². The molecule has 90 valence electrons. The number of rotatable bonds is 4. The summed E-state index contributed by atoms with van der Waals surface area (Å²) in [7, 11) is 0. The second kappa shape index (κ2) is 4.89. The van der Waals surface area contributed by atoms with E-state index in [9.17, 15) is 0 Å². The van der Waals surface area contributed by atoms with Crippen LogP contribution in [0, 0.1) is 12.8 Å². The summed E-state index contributed by atoms with van der Waals surface area (Å²) < 4.78 is 2.26. The fourth-order valence-corrected chi connectivity index (χ4v) is 2.45. The maximum absolute atomic E-state index is 4.58. The molecule has 1 N–H and O–H groups in total. The van der Waals surface area contributed by atoms with Crippen LogP contribution in [-0.4, -0.2) is 15.6 Å². The Morgan fingerprint density at radius 3 is 2.75 bits per heavy atom. The number of nitrogens with one attached hydrogen (secondary N) is 1. The molecule has 0 aromatic carbocycles. The molecule has 3 nitrogen and oxygen atoms in total. The van der Waals surface area contributed by atoms with Crippen LogP contribution in [0.15, 0.2) is 6.20 Å². The van der Waals surface area contributed by atoms with Gasteiger partial charge in [0.1, 0.15) is 0 Å². The third-order valence-corrected chi connectivity index (χ3v) is 3.15. The Hall–Kier alpha value is -0.990. The maximum atomic E-state index is 4.58. The van der Waals surface area contributed by atoms with E-state index in [2.05, 4.69) is 41.8 Å². The first-order valence-corrected chi connectivity index (χ1v) is 6.45. The Morgan fingerprint density at radius 2 is 2.12 bits per heavy atom. The Bertz CT molecular complexity index is 335. The Balaban J connectivity index is 2.05. The number of nitrogens with zero attached hydrogens (tertiary/aromatic N) is 2. The zero-order valence-electron chi connectivity index (χ0n) is 10.7. The highest BCUT2D eigenvalue weighted by Gasteiger charge is 2.17. The highest BCUT2D eigenvalue weighted by molar-refractivity contribution is 5.30. The molecule has 0 atom stereocenters. The van der Waals surface area contributed by atoms with Crippen LogP contribution in [0.4, 0.5) is 5.95 Å². The van der Waals surface area contributed by atoms with Crippen LogP contribution in [0.2, 0.25) is 0 Å². The van der Waals surface area contributed by atoms with E-state index in [1.54, 1.807) is 0 Å². The zero-order chi connectivity index (χ0) is 11.5. The summed E-state index contributed by atoms with van der Waals surface area (Å²) in [6.07, 6.45) is 7.47. The summed E-state index contributed by atoms with van der Waals surface area (Å²) in [5, 5.41) is 3.59. The molecule has 1 aromatic rings. The van der Waals surface area contributed by atoms with Crippen molar-refractivity contribution >= 4 is 5.95 Å². The van der Waals surface area contributed by atoms with Gasteiger partial charge in [-0.25, -0.2) is 4.98 Å². The standard InChI is InChI=1S/C13H23N3/c1-10(2)8-16-9-11(3)14-13(16)15-12-6-4-5-7-12/h9-10,12H,4-8H2,1-3H3,(H,14,15). The molecule has 2 rings (SSSR count). The van der Waals surface area contributed by atoms with Crippen molar-refractivity contribution < 1.29 is 0 Å². The first-order valence-electron chi connectivity index (χ1n) is 6.45. The predicted octanol–water partition coefficient (Wildman–Crippen LogP) is 3.20. The van der Waals surface area contributed by atoms with Crippen molar-refractivity contribution in [2.45, 2.75) is 59.0 Å². The van der Waals surface area contributed by atoms with Gasteiger partial charge in [-0.3, -0.25) is 0 Å². The van der Waals surface area contributed by atoms with Crippen LogP contribution in [-0.2, 0) is 6.54 Å². The van der Waals surface area contributed by atoms with Crippen molar-refractivity contribution in [2.24, 2.45) is 5.92 Å². The van der Waals surface area contributed by atoms with E-state index < -0.39 is 0 Å². The molecule has 16 heavy (non-hydrogen) atoms. The SMILES string of the molecule is Cc1cn(CC(C)C)c(NC2CCCC2)n1. The Labute approximate surface area is 98.3 Å². The van der Waals surface area contributed by atoms with Crippen molar-refractivity contribution in [2.75, 3.05) is 5.32 Å². The molecular formula is C13H23N3. The van der Waals surface area contributed by atoms with Crippen molar-refractivity contribution in [1.82, 2.24) is 9.55 Å². The van der Waals surface area contributed by atoms with Crippen LogP contribution in [0.1, 0.15) is 45.2 Å². The smallest absolute Gasteiger partial charge is 0.203 e. The first-order chi connectivity index (χ1) is 7.65. The van der Waals surface area contributed by atoms with Gasteiger partial charge in [0.05, 0.1) is 5.69 Å². The van der Waals surface area contributed by atoms with Crippen molar-refractivity contribution in [1.29, 1.82) is 0 Å². The molecule has 0 bridgehead atoms. The molecular weight excluding hydrogens is 198 g/mol. The lowest BCUT2D eigenvalue weighted by molar-refractivity contribution is 0.523. The number of imidazole rings is 1. The summed E-state index contributed by atoms with van der Waals surface area (Å²) in [5.74, 6) is 1.73. The van der Waals surface area contributed by atoms with E-state index in [4.69, 9.17) is 0 Å². The van der Waals surface area contributed by atoms with Gasteiger partial charge in [0.2, 0.25) is 5.95 Å². The Morgan fingerprint density at radius 1 is 1.44 bits per heavy atom. The van der Waals surface area contributed by atoms with Crippen LogP contribution >= 0.6 is 0 Å². The van der Waals surface area contributed by atoms with Gasteiger partial charge in [0.15, 0.2) is 0 Å². The lowest BCUT2D eigenvalue weighted by atomic mass is 10.2. The quantitative estimate of drug-likeness (QED) is 0.846. The van der Waals surface area contributed by atoms with E-state index in [1.165, 1.54) is 25.7 Å². The van der Waals surface area contributed by atoms with Gasteiger partial charge in [-0.05, 0) is 25.7 Å². The van der Waals surface area contributed by atoms with Gasteiger partial charge in [-0.15, -0.1) is 0 Å². The molecule has 0 radical (unpaired) electrons. The molecule has 0 unspecified atom stereocenters. The van der Waals surface area contributed by atoms with Gasteiger partial charge >= 0.3 is 0 Å². The maximum Gasteiger partial charge on any atom is 0.203 e. The molecule has 1 aliphatic carbocycles. The molecule has 0 spiro atoms. The molecule has 1 aliphatic rings. The third-order valence-electron chi connectivity index (χ3n) is 3.15. The van der Waals surface area contributed by atoms with Gasteiger partial charge in [0.25, 0.3) is 0 Å². The van der Waals surface area contributed by atoms with Gasteiger partial charge in [-0.1, -0.05) is 26.7 Å². The minimum Gasteiger partial charge on any atom is -0.353 e. The lowest BCUT2D eigenvalue weighted by Gasteiger charge is -2.15. The van der Waals surface area contributed by atoms with Crippen molar-refractivity contribution in [3.05, 3.63) is 11.9 Å². The van der Waals surface area contributed by atoms with Crippen molar-refractivity contribution in [3.63, 3.8) is 0 Å². The van der Waals surface area contributed by atoms with E-state index in [0.717, 1.165) is 18.2 Å². The van der Waals surface area contributed by atoms with E-state index in [1.807, 2.05) is 0 Å². The van der Waals surface area contributed by atoms with Crippen LogP contribution in [0.5, 0.6) is 0 Å². The third kappa shape index (κ3) is 2.77. The number of hydrogen-bond acceptors (Lipinski definition) is 2. The minimum absolute atomic E-state index is 0.646. The highest BCUT2D eigenvalue weighted by atomic mass is 15.2.